The van der Waals surface area contributed by atoms with Gasteiger partial charge >= 0.3 is 0 Å². The summed E-state index contributed by atoms with van der Waals surface area (Å²) in [5.41, 5.74) is 3.26. The van der Waals surface area contributed by atoms with E-state index in [2.05, 4.69) is 35.4 Å². The minimum Gasteiger partial charge on any atom is -0.342 e. The van der Waals surface area contributed by atoms with E-state index < -0.39 is 0 Å². The van der Waals surface area contributed by atoms with Crippen molar-refractivity contribution in [3.8, 4) is 5.69 Å². The topological polar surface area (TPSA) is 63.9 Å². The first-order valence-electron chi connectivity index (χ1n) is 8.77. The average Bonchev–Trinajstić information content (AvgIpc) is 3.02. The Bertz CT molecular complexity index is 752. The molecule has 0 spiro atoms. The fourth-order valence-corrected chi connectivity index (χ4v) is 4.03. The first kappa shape index (κ1) is 17.9. The van der Waals surface area contributed by atoms with Crippen LogP contribution in [0.5, 0.6) is 0 Å². The second kappa shape index (κ2) is 7.56. The maximum Gasteiger partial charge on any atom is 0.235 e. The quantitative estimate of drug-likeness (QED) is 0.785. The number of carbonyl (C=O) groups is 1. The molecule has 1 aliphatic heterocycles. The average molecular weight is 359 g/mol. The number of carbonyl (C=O) groups excluding carboxylic acids is 1. The molecule has 0 bridgehead atoms. The highest BCUT2D eigenvalue weighted by molar-refractivity contribution is 8.00. The maximum absolute atomic E-state index is 12.7. The second-order valence-electron chi connectivity index (χ2n) is 6.93. The van der Waals surface area contributed by atoms with Gasteiger partial charge in [-0.3, -0.25) is 4.79 Å². The van der Waals surface area contributed by atoms with Crippen molar-refractivity contribution in [3.05, 3.63) is 29.3 Å². The van der Waals surface area contributed by atoms with Crippen molar-refractivity contribution in [1.29, 1.82) is 0 Å². The van der Waals surface area contributed by atoms with Crippen LogP contribution in [0, 0.1) is 19.8 Å². The zero-order valence-electron chi connectivity index (χ0n) is 15.3. The Balaban J connectivity index is 1.73. The third-order valence-corrected chi connectivity index (χ3v) is 5.77. The highest BCUT2D eigenvalue weighted by Crippen LogP contribution is 2.27. The van der Waals surface area contributed by atoms with E-state index >= 15 is 0 Å². The van der Waals surface area contributed by atoms with Crippen molar-refractivity contribution < 1.29 is 4.79 Å². The third-order valence-electron chi connectivity index (χ3n) is 4.75. The Morgan fingerprint density at radius 3 is 2.68 bits per heavy atom. The lowest BCUT2D eigenvalue weighted by atomic mass is 9.99. The molecule has 1 fully saturated rings. The number of thioether (sulfide) groups is 1. The van der Waals surface area contributed by atoms with E-state index in [0.29, 0.717) is 11.1 Å². The highest BCUT2D eigenvalue weighted by Gasteiger charge is 2.26. The van der Waals surface area contributed by atoms with E-state index in [4.69, 9.17) is 0 Å². The summed E-state index contributed by atoms with van der Waals surface area (Å²) in [6, 6.07) is 6.17. The Labute approximate surface area is 153 Å². The van der Waals surface area contributed by atoms with Crippen LogP contribution in [0.25, 0.3) is 5.69 Å². The van der Waals surface area contributed by atoms with Crippen molar-refractivity contribution in [2.75, 3.05) is 13.1 Å². The molecule has 1 atom stereocenters. The molecular weight excluding hydrogens is 334 g/mol. The summed E-state index contributed by atoms with van der Waals surface area (Å²) in [7, 11) is 0. The third kappa shape index (κ3) is 4.03. The molecule has 1 aromatic heterocycles. The predicted octanol–water partition coefficient (Wildman–Crippen LogP) is 3.02. The zero-order chi connectivity index (χ0) is 18.0. The molecule has 2 aromatic rings. The van der Waals surface area contributed by atoms with Crippen LogP contribution in [0.3, 0.4) is 0 Å². The largest absolute Gasteiger partial charge is 0.342 e. The Morgan fingerprint density at radius 2 is 2.00 bits per heavy atom. The van der Waals surface area contributed by atoms with Crippen LogP contribution in [0.2, 0.25) is 0 Å². The first-order chi connectivity index (χ1) is 12.0. The normalized spacial score (nSPS) is 16.9. The highest BCUT2D eigenvalue weighted by atomic mass is 32.2. The minimum atomic E-state index is -0.205. The molecule has 2 heterocycles. The number of piperidine rings is 1. The molecule has 1 saturated heterocycles. The number of aromatic nitrogens is 4. The molecule has 0 radical (unpaired) electrons. The monoisotopic (exact) mass is 359 g/mol. The van der Waals surface area contributed by atoms with E-state index in [1.807, 2.05) is 30.9 Å². The van der Waals surface area contributed by atoms with Gasteiger partial charge in [0.1, 0.15) is 0 Å². The van der Waals surface area contributed by atoms with E-state index in [9.17, 15) is 4.79 Å². The number of tetrazole rings is 1. The van der Waals surface area contributed by atoms with Crippen LogP contribution in [-0.2, 0) is 4.79 Å². The lowest BCUT2D eigenvalue weighted by molar-refractivity contribution is -0.131. The maximum atomic E-state index is 12.7. The molecule has 7 heteroatoms. The summed E-state index contributed by atoms with van der Waals surface area (Å²) in [6.07, 6.45) is 2.17. The molecule has 134 valence electrons. The van der Waals surface area contributed by atoms with Crippen molar-refractivity contribution in [2.24, 2.45) is 5.92 Å². The Kier molecular flexibility index (Phi) is 5.42. The molecule has 3 rings (SSSR count). The van der Waals surface area contributed by atoms with E-state index in [1.54, 1.807) is 4.68 Å². The van der Waals surface area contributed by atoms with Gasteiger partial charge in [-0.15, -0.1) is 5.10 Å². The molecule has 1 aliphatic rings. The van der Waals surface area contributed by atoms with E-state index in [1.165, 1.54) is 17.3 Å². The summed E-state index contributed by atoms with van der Waals surface area (Å²) in [4.78, 5) is 14.7. The predicted molar refractivity (Wildman–Crippen MR) is 98.9 cm³/mol. The molecule has 0 saturated carbocycles. The number of hydrogen-bond donors (Lipinski definition) is 0. The fraction of sp³-hybridized carbons (Fsp3) is 0.556. The van der Waals surface area contributed by atoms with Gasteiger partial charge in [0, 0.05) is 13.1 Å². The SMILES string of the molecule is Cc1ccc(-n2nnnc2SC(C)C(=O)N2CCC(C)CC2)c(C)c1. The van der Waals surface area contributed by atoms with E-state index in [0.717, 1.165) is 37.2 Å². The smallest absolute Gasteiger partial charge is 0.235 e. The summed E-state index contributed by atoms with van der Waals surface area (Å²) in [5.74, 6) is 0.885. The second-order valence-corrected chi connectivity index (χ2v) is 8.24. The molecular formula is C18H25N5OS. The number of nitrogens with zero attached hydrogens (tertiary/aromatic N) is 5. The molecule has 0 N–H and O–H groups in total. The lowest BCUT2D eigenvalue weighted by Gasteiger charge is -2.31. The number of hydrogen-bond acceptors (Lipinski definition) is 5. The van der Waals surface area contributed by atoms with Crippen molar-refractivity contribution >= 4 is 17.7 Å². The van der Waals surface area contributed by atoms with Crippen molar-refractivity contribution in [1.82, 2.24) is 25.1 Å². The van der Waals surface area contributed by atoms with Gasteiger partial charge in [-0.25, -0.2) is 0 Å². The van der Waals surface area contributed by atoms with Crippen LogP contribution in [0.4, 0.5) is 0 Å². The van der Waals surface area contributed by atoms with Crippen molar-refractivity contribution in [3.63, 3.8) is 0 Å². The molecule has 25 heavy (non-hydrogen) atoms. The summed E-state index contributed by atoms with van der Waals surface area (Å²) < 4.78 is 1.72. The molecule has 1 aromatic carbocycles. The number of rotatable bonds is 4. The standard InChI is InChI=1S/C18H25N5OS/c1-12-7-9-22(10-8-12)17(24)15(4)25-18-19-20-21-23(18)16-6-5-13(2)11-14(16)3/h5-6,11-12,15H,7-10H2,1-4H3. The molecule has 1 amide bonds. The number of amides is 1. The van der Waals surface area contributed by atoms with Gasteiger partial charge in [-0.1, -0.05) is 36.4 Å². The summed E-state index contributed by atoms with van der Waals surface area (Å²) in [6.45, 7) is 10.00. The van der Waals surface area contributed by atoms with Crippen LogP contribution in [-0.4, -0.2) is 49.4 Å². The number of likely N-dealkylation sites (tertiary alicyclic amines) is 1. The lowest BCUT2D eigenvalue weighted by Crippen LogP contribution is -2.41. The zero-order valence-corrected chi connectivity index (χ0v) is 16.1. The minimum absolute atomic E-state index is 0.173. The Hall–Kier alpha value is -1.89. The van der Waals surface area contributed by atoms with Gasteiger partial charge in [-0.05, 0) is 61.6 Å². The Morgan fingerprint density at radius 1 is 1.28 bits per heavy atom. The van der Waals surface area contributed by atoms with Gasteiger partial charge in [0.05, 0.1) is 10.9 Å². The molecule has 1 unspecified atom stereocenters. The van der Waals surface area contributed by atoms with Crippen LogP contribution in [0.1, 0.15) is 37.8 Å². The molecule has 0 aliphatic carbocycles. The fourth-order valence-electron chi connectivity index (χ4n) is 3.14. The van der Waals surface area contributed by atoms with Gasteiger partial charge < -0.3 is 4.90 Å². The van der Waals surface area contributed by atoms with E-state index in [-0.39, 0.29) is 11.2 Å². The van der Waals surface area contributed by atoms with Gasteiger partial charge in [0.15, 0.2) is 0 Å². The number of aryl methyl sites for hydroxylation is 2. The molecule has 6 nitrogen and oxygen atoms in total. The summed E-state index contributed by atoms with van der Waals surface area (Å²) in [5, 5.41) is 12.5. The van der Waals surface area contributed by atoms with Gasteiger partial charge in [0.25, 0.3) is 0 Å². The first-order valence-corrected chi connectivity index (χ1v) is 9.65. The van der Waals surface area contributed by atoms with Gasteiger partial charge in [0.2, 0.25) is 11.1 Å². The summed E-state index contributed by atoms with van der Waals surface area (Å²) >= 11 is 1.42. The number of benzene rings is 1. The van der Waals surface area contributed by atoms with Crippen molar-refractivity contribution in [2.45, 2.75) is 50.9 Å². The van der Waals surface area contributed by atoms with Crippen LogP contribution in [0.15, 0.2) is 23.4 Å². The van der Waals surface area contributed by atoms with Crippen LogP contribution < -0.4 is 0 Å². The van der Waals surface area contributed by atoms with Gasteiger partial charge in [-0.2, -0.15) is 4.68 Å². The van der Waals surface area contributed by atoms with Crippen LogP contribution >= 0.6 is 11.8 Å².